The number of hydrogen-bond acceptors (Lipinski definition) is 5. The van der Waals surface area contributed by atoms with Gasteiger partial charge in [0.15, 0.2) is 5.82 Å². The molecule has 2 N–H and O–H groups in total. The van der Waals surface area contributed by atoms with Crippen molar-refractivity contribution in [1.82, 2.24) is 9.88 Å². The molecule has 140 valence electrons. The first-order valence-electron chi connectivity index (χ1n) is 7.93. The van der Waals surface area contributed by atoms with Crippen LogP contribution in [-0.4, -0.2) is 19.5 Å². The summed E-state index contributed by atoms with van der Waals surface area (Å²) in [6.45, 7) is 1.47. The second kappa shape index (κ2) is 7.68. The van der Waals surface area contributed by atoms with Crippen molar-refractivity contribution in [1.29, 1.82) is 0 Å². The molecule has 0 radical (unpaired) electrons. The molecule has 0 saturated carbocycles. The van der Waals surface area contributed by atoms with Crippen LogP contribution in [0.5, 0.6) is 0 Å². The van der Waals surface area contributed by atoms with Gasteiger partial charge in [-0.1, -0.05) is 29.4 Å². The highest BCUT2D eigenvalue weighted by Gasteiger charge is 2.17. The third-order valence-electron chi connectivity index (χ3n) is 3.69. The second-order valence-electron chi connectivity index (χ2n) is 5.72. The van der Waals surface area contributed by atoms with E-state index >= 15 is 0 Å². The van der Waals surface area contributed by atoms with Crippen LogP contribution in [0.3, 0.4) is 0 Å². The number of sulfonamides is 1. The van der Waals surface area contributed by atoms with Crippen molar-refractivity contribution in [2.24, 2.45) is 0 Å². The minimum Gasteiger partial charge on any atom is -0.360 e. The maximum Gasteiger partial charge on any atom is 0.256 e. The van der Waals surface area contributed by atoms with Crippen LogP contribution in [0.4, 0.5) is 10.2 Å². The van der Waals surface area contributed by atoms with Crippen molar-refractivity contribution in [3.8, 4) is 0 Å². The summed E-state index contributed by atoms with van der Waals surface area (Å²) in [5.74, 6) is -0.284. The summed E-state index contributed by atoms with van der Waals surface area (Å²) in [6, 6.07) is 12.9. The highest BCUT2D eigenvalue weighted by molar-refractivity contribution is 7.89. The summed E-state index contributed by atoms with van der Waals surface area (Å²) in [7, 11) is -3.93. The van der Waals surface area contributed by atoms with E-state index in [0.29, 0.717) is 5.76 Å². The third-order valence-corrected chi connectivity index (χ3v) is 5.09. The highest BCUT2D eigenvalue weighted by atomic mass is 32.2. The summed E-state index contributed by atoms with van der Waals surface area (Å²) in [4.78, 5) is 12.2. The summed E-state index contributed by atoms with van der Waals surface area (Å²) in [5.41, 5.74) is 0.348. The van der Waals surface area contributed by atoms with Gasteiger partial charge in [0.2, 0.25) is 10.0 Å². The summed E-state index contributed by atoms with van der Waals surface area (Å²) in [5, 5.41) is 6.17. The average molecular weight is 389 g/mol. The van der Waals surface area contributed by atoms with Gasteiger partial charge in [-0.25, -0.2) is 17.5 Å². The number of benzene rings is 2. The molecular formula is C18H16FN3O4S. The molecule has 27 heavy (non-hydrogen) atoms. The molecule has 0 bridgehead atoms. The molecule has 2 aromatic carbocycles. The predicted molar refractivity (Wildman–Crippen MR) is 96.1 cm³/mol. The Morgan fingerprint density at radius 1 is 1.15 bits per heavy atom. The van der Waals surface area contributed by atoms with E-state index in [1.54, 1.807) is 13.0 Å². The summed E-state index contributed by atoms with van der Waals surface area (Å²) < 4.78 is 45.8. The van der Waals surface area contributed by atoms with Crippen LogP contribution in [0.25, 0.3) is 0 Å². The van der Waals surface area contributed by atoms with Crippen LogP contribution in [0, 0.1) is 12.7 Å². The van der Waals surface area contributed by atoms with Crippen LogP contribution in [0.1, 0.15) is 21.7 Å². The lowest BCUT2D eigenvalue weighted by Gasteiger charge is -2.09. The number of aryl methyl sites for hydroxylation is 1. The minimum atomic E-state index is -3.93. The van der Waals surface area contributed by atoms with Crippen molar-refractivity contribution in [2.75, 3.05) is 5.32 Å². The molecule has 1 amide bonds. The Bertz CT molecular complexity index is 1080. The van der Waals surface area contributed by atoms with E-state index in [0.717, 1.165) is 0 Å². The fourth-order valence-corrected chi connectivity index (χ4v) is 3.37. The Labute approximate surface area is 155 Å². The summed E-state index contributed by atoms with van der Waals surface area (Å²) in [6.07, 6.45) is 0. The van der Waals surface area contributed by atoms with Gasteiger partial charge in [-0.2, -0.15) is 0 Å². The van der Waals surface area contributed by atoms with E-state index in [2.05, 4.69) is 15.2 Å². The number of anilines is 1. The molecule has 1 heterocycles. The number of nitrogens with one attached hydrogen (secondary N) is 2. The Kier molecular flexibility index (Phi) is 5.33. The predicted octanol–water partition coefficient (Wildman–Crippen LogP) is 2.85. The van der Waals surface area contributed by atoms with Gasteiger partial charge >= 0.3 is 0 Å². The van der Waals surface area contributed by atoms with Gasteiger partial charge in [-0.15, -0.1) is 0 Å². The molecule has 0 fully saturated rings. The molecule has 7 nitrogen and oxygen atoms in total. The van der Waals surface area contributed by atoms with E-state index in [9.17, 15) is 17.6 Å². The zero-order valence-electron chi connectivity index (χ0n) is 14.3. The summed E-state index contributed by atoms with van der Waals surface area (Å²) >= 11 is 0. The first-order chi connectivity index (χ1) is 12.8. The van der Waals surface area contributed by atoms with Crippen molar-refractivity contribution in [2.45, 2.75) is 18.4 Å². The van der Waals surface area contributed by atoms with Crippen molar-refractivity contribution in [3.05, 3.63) is 77.3 Å². The second-order valence-corrected chi connectivity index (χ2v) is 7.49. The highest BCUT2D eigenvalue weighted by Crippen LogP contribution is 2.15. The lowest BCUT2D eigenvalue weighted by Crippen LogP contribution is -2.24. The number of carbonyl (C=O) groups is 1. The fourth-order valence-electron chi connectivity index (χ4n) is 2.32. The molecule has 0 unspecified atom stereocenters. The van der Waals surface area contributed by atoms with E-state index in [4.69, 9.17) is 4.52 Å². The molecule has 0 aliphatic carbocycles. The van der Waals surface area contributed by atoms with Crippen LogP contribution in [-0.2, 0) is 16.6 Å². The number of nitrogens with zero attached hydrogens (tertiary/aromatic N) is 1. The SMILES string of the molecule is Cc1cc(NC(=O)c2cccc(S(=O)(=O)NCc3ccccc3F)c2)no1. The van der Waals surface area contributed by atoms with E-state index in [-0.39, 0.29) is 28.4 Å². The largest absolute Gasteiger partial charge is 0.360 e. The molecule has 0 spiro atoms. The molecule has 3 rings (SSSR count). The van der Waals surface area contributed by atoms with Crippen LogP contribution in [0.15, 0.2) is 64.0 Å². The van der Waals surface area contributed by atoms with Gasteiger partial charge in [0.1, 0.15) is 11.6 Å². The normalized spacial score (nSPS) is 11.3. The van der Waals surface area contributed by atoms with E-state index < -0.39 is 21.7 Å². The van der Waals surface area contributed by atoms with Gasteiger partial charge in [0.05, 0.1) is 4.90 Å². The number of amides is 1. The van der Waals surface area contributed by atoms with E-state index in [1.165, 1.54) is 48.5 Å². The van der Waals surface area contributed by atoms with Crippen molar-refractivity contribution in [3.63, 3.8) is 0 Å². The molecule has 0 saturated heterocycles. The molecule has 3 aromatic rings. The molecule has 9 heteroatoms. The standard InChI is InChI=1S/C18H16FN3O4S/c1-12-9-17(22-26-12)21-18(23)13-6-4-7-15(10-13)27(24,25)20-11-14-5-2-3-8-16(14)19/h2-10,20H,11H2,1H3,(H,21,22,23). The topological polar surface area (TPSA) is 101 Å². The monoisotopic (exact) mass is 389 g/mol. The quantitative estimate of drug-likeness (QED) is 0.675. The van der Waals surface area contributed by atoms with Crippen LogP contribution in [0.2, 0.25) is 0 Å². The van der Waals surface area contributed by atoms with Gasteiger partial charge in [0, 0.05) is 23.7 Å². The van der Waals surface area contributed by atoms with E-state index in [1.807, 2.05) is 0 Å². The molecule has 0 aliphatic heterocycles. The maximum atomic E-state index is 13.6. The zero-order valence-corrected chi connectivity index (χ0v) is 15.1. The Hall–Kier alpha value is -3.04. The van der Waals surface area contributed by atoms with Gasteiger partial charge in [-0.05, 0) is 31.2 Å². The Balaban J connectivity index is 1.75. The number of rotatable bonds is 6. The Morgan fingerprint density at radius 2 is 1.93 bits per heavy atom. The lowest BCUT2D eigenvalue weighted by molar-refractivity contribution is 0.102. The smallest absolute Gasteiger partial charge is 0.256 e. The van der Waals surface area contributed by atoms with Gasteiger partial charge in [-0.3, -0.25) is 4.79 Å². The van der Waals surface area contributed by atoms with Crippen LogP contribution < -0.4 is 10.0 Å². The van der Waals surface area contributed by atoms with Gasteiger partial charge < -0.3 is 9.84 Å². The first kappa shape index (κ1) is 18.7. The number of aromatic nitrogens is 1. The fraction of sp³-hybridized carbons (Fsp3) is 0.111. The number of hydrogen-bond donors (Lipinski definition) is 2. The van der Waals surface area contributed by atoms with Crippen molar-refractivity contribution >= 4 is 21.7 Å². The first-order valence-corrected chi connectivity index (χ1v) is 9.41. The molecular weight excluding hydrogens is 373 g/mol. The third kappa shape index (κ3) is 4.57. The molecule has 0 atom stereocenters. The number of halogens is 1. The minimum absolute atomic E-state index is 0.108. The van der Waals surface area contributed by atoms with Crippen molar-refractivity contribution < 1.29 is 22.1 Å². The lowest BCUT2D eigenvalue weighted by atomic mass is 10.2. The number of carbonyl (C=O) groups excluding carboxylic acids is 1. The Morgan fingerprint density at radius 3 is 2.63 bits per heavy atom. The molecule has 1 aromatic heterocycles. The molecule has 0 aliphatic rings. The van der Waals surface area contributed by atoms with Gasteiger partial charge in [0.25, 0.3) is 5.91 Å². The van der Waals surface area contributed by atoms with Crippen LogP contribution >= 0.6 is 0 Å². The average Bonchev–Trinajstić information content (AvgIpc) is 3.06. The zero-order chi connectivity index (χ0) is 19.4. The maximum absolute atomic E-state index is 13.6.